The number of halogens is 9. The summed E-state index contributed by atoms with van der Waals surface area (Å²) in [5.74, 6) is 0. The average Bonchev–Trinajstić information content (AvgIpc) is 2.80. The van der Waals surface area contributed by atoms with E-state index in [0.29, 0.717) is 0 Å². The first-order valence-electron chi connectivity index (χ1n) is 9.53. The molecule has 0 saturated carbocycles. The molecule has 14 heteroatoms. The molecule has 0 heterocycles. The molecule has 0 saturated heterocycles. The van der Waals surface area contributed by atoms with Gasteiger partial charge in [-0.1, -0.05) is 62.3 Å². The summed E-state index contributed by atoms with van der Waals surface area (Å²) in [6.45, 7) is 16.7. The standard InChI is InChI=1S/C8H4F9Ge.3C4H10N.Zr/c9-6(10,11)18(7(12,13)14,8(15,16)17)5-3-1-2-4-5;3*1-4(2,3)5;/h1-4H;3*5H,1-3H3;/q4*-1;+4. The van der Waals surface area contributed by atoms with Gasteiger partial charge in [0.2, 0.25) is 0 Å². The molecule has 200 valence electrons. The predicted molar refractivity (Wildman–Crippen MR) is 118 cm³/mol. The summed E-state index contributed by atoms with van der Waals surface area (Å²) in [6.07, 6.45) is 0. The van der Waals surface area contributed by atoms with Crippen LogP contribution in [0.3, 0.4) is 0 Å². The van der Waals surface area contributed by atoms with Crippen molar-refractivity contribution in [1.29, 1.82) is 0 Å². The Hall–Kier alpha value is 0.0260. The number of alkyl halides is 9. The van der Waals surface area contributed by atoms with Crippen LogP contribution in [0.1, 0.15) is 62.3 Å². The molecule has 0 aromatic heterocycles. The van der Waals surface area contributed by atoms with E-state index < -0.39 is 32.7 Å². The minimum atomic E-state index is -8.38. The van der Waals surface area contributed by atoms with Gasteiger partial charge < -0.3 is 17.2 Å². The van der Waals surface area contributed by atoms with E-state index in [0.717, 1.165) is 12.1 Å². The Bertz CT molecular complexity index is 567. The van der Waals surface area contributed by atoms with Crippen molar-refractivity contribution < 1.29 is 65.7 Å². The summed E-state index contributed by atoms with van der Waals surface area (Å²) in [5.41, 5.74) is 20.1. The van der Waals surface area contributed by atoms with Gasteiger partial charge in [0.1, 0.15) is 0 Å². The van der Waals surface area contributed by atoms with Gasteiger partial charge >= 0.3 is 123 Å². The van der Waals surface area contributed by atoms with E-state index >= 15 is 0 Å². The van der Waals surface area contributed by atoms with E-state index in [2.05, 4.69) is 0 Å². The van der Waals surface area contributed by atoms with E-state index in [-0.39, 0.29) is 55.0 Å². The summed E-state index contributed by atoms with van der Waals surface area (Å²) in [5, 5.41) is -19.1. The van der Waals surface area contributed by atoms with Gasteiger partial charge in [-0.25, -0.2) is 0 Å². The fourth-order valence-electron chi connectivity index (χ4n) is 1.60. The molecule has 0 spiro atoms. The monoisotopic (exact) mass is 651 g/mol. The Morgan fingerprint density at radius 2 is 0.647 bits per heavy atom. The predicted octanol–water partition coefficient (Wildman–Crippen LogP) is 8.87. The first-order chi connectivity index (χ1) is 13.9. The molecule has 0 bridgehead atoms. The zero-order valence-electron chi connectivity index (χ0n) is 20.7. The minimum Gasteiger partial charge on any atom is 4.00 e. The van der Waals surface area contributed by atoms with Crippen LogP contribution in [0.15, 0.2) is 24.3 Å². The summed E-state index contributed by atoms with van der Waals surface area (Å²) < 4.78 is 111. The molecule has 0 aliphatic carbocycles. The van der Waals surface area contributed by atoms with Gasteiger partial charge in [-0.3, -0.25) is 0 Å². The molecule has 0 aliphatic rings. The Kier molecular flexibility index (Phi) is 17.1. The van der Waals surface area contributed by atoms with Gasteiger partial charge in [-0.15, -0.1) is 16.6 Å². The van der Waals surface area contributed by atoms with E-state index in [1.54, 1.807) is 0 Å². The molecule has 0 radical (unpaired) electrons. The van der Waals surface area contributed by atoms with Crippen molar-refractivity contribution in [2.75, 3.05) is 0 Å². The van der Waals surface area contributed by atoms with Crippen LogP contribution in [0, 0.1) is 0 Å². The van der Waals surface area contributed by atoms with Gasteiger partial charge in [0.15, 0.2) is 0 Å². The molecule has 0 atom stereocenters. The van der Waals surface area contributed by atoms with Crippen molar-refractivity contribution in [2.24, 2.45) is 0 Å². The molecule has 0 fully saturated rings. The topological polar surface area (TPSA) is 71.4 Å². The van der Waals surface area contributed by atoms with E-state index in [1.165, 1.54) is 0 Å². The molecule has 0 amide bonds. The average molecular weight is 651 g/mol. The molecule has 3 N–H and O–H groups in total. The van der Waals surface area contributed by atoms with Crippen molar-refractivity contribution in [3.63, 3.8) is 0 Å². The molecule has 0 unspecified atom stereocenters. The van der Waals surface area contributed by atoms with Crippen LogP contribution in [0.2, 0.25) is 0 Å². The first kappa shape index (κ1) is 41.2. The smallest absolute Gasteiger partial charge is 4.00 e. The molecule has 1 aromatic rings. The second kappa shape index (κ2) is 14.1. The zero-order chi connectivity index (χ0) is 27.9. The van der Waals surface area contributed by atoms with Crippen LogP contribution in [0.4, 0.5) is 39.5 Å². The molecule has 1 aromatic carbocycles. The van der Waals surface area contributed by atoms with Crippen molar-refractivity contribution >= 4 is 17.7 Å². The van der Waals surface area contributed by atoms with Crippen molar-refractivity contribution in [2.45, 2.75) is 94.0 Å². The fourth-order valence-corrected chi connectivity index (χ4v) is 7.13. The Morgan fingerprint density at radius 1 is 0.500 bits per heavy atom. The summed E-state index contributed by atoms with van der Waals surface area (Å²) in [7, 11) is 0. The summed E-state index contributed by atoms with van der Waals surface area (Å²) in [4.78, 5) is 0. The van der Waals surface area contributed by atoms with Gasteiger partial charge in [-0.05, 0) is 0 Å². The minimum absolute atomic E-state index is 0. The maximum Gasteiger partial charge on any atom is 4.00 e. The second-order valence-electron chi connectivity index (χ2n) is 10.2. The summed E-state index contributed by atoms with van der Waals surface area (Å²) >= 11 is -8.38. The van der Waals surface area contributed by atoms with Crippen LogP contribution >= 0.6 is 0 Å². The molecular weight excluding hydrogens is 617 g/mol. The third-order valence-electron chi connectivity index (χ3n) is 2.37. The third kappa shape index (κ3) is 19.2. The largest absolute Gasteiger partial charge is 4.00 e. The van der Waals surface area contributed by atoms with Crippen molar-refractivity contribution in [1.82, 2.24) is 0 Å². The molecule has 1 rings (SSSR count). The maximum atomic E-state index is 12.6. The molecule has 34 heavy (non-hydrogen) atoms. The summed E-state index contributed by atoms with van der Waals surface area (Å²) in [6, 6.07) is 1.90. The van der Waals surface area contributed by atoms with Crippen LogP contribution in [-0.4, -0.2) is 44.9 Å². The Morgan fingerprint density at radius 3 is 0.765 bits per heavy atom. The number of hydrogen-bond acceptors (Lipinski definition) is 0. The Balaban J connectivity index is -0.000000231. The SMILES string of the molecule is CC(C)(C)[NH-].CC(C)(C)[NH-].CC(C)(C)[NH-].F[C](F)(F)[Ge]([c-]1cccc1)([C](F)(F)F)[C](F)(F)F.[Zr+4]. The van der Waals surface area contributed by atoms with E-state index in [1.807, 2.05) is 62.3 Å². The van der Waals surface area contributed by atoms with Crippen molar-refractivity contribution in [3.8, 4) is 0 Å². The second-order valence-corrected chi connectivity index (χ2v) is 18.1. The van der Waals surface area contributed by atoms with E-state index in [4.69, 9.17) is 17.2 Å². The van der Waals surface area contributed by atoms with Gasteiger partial charge in [0, 0.05) is 0 Å². The number of nitrogens with one attached hydrogen (secondary N) is 3. The number of rotatable bonds is 1. The molecular formula is C20H34F9GeN3Zr. The normalized spacial score (nSPS) is 13.2. The quantitative estimate of drug-likeness (QED) is 0.165. The van der Waals surface area contributed by atoms with Gasteiger partial charge in [-0.2, -0.15) is 0 Å². The number of hydrogen-bond donors (Lipinski definition) is 0. The fraction of sp³-hybridized carbons (Fsp3) is 0.750. The van der Waals surface area contributed by atoms with Crippen LogP contribution in [0.25, 0.3) is 17.2 Å². The van der Waals surface area contributed by atoms with Gasteiger partial charge in [0.25, 0.3) is 0 Å². The van der Waals surface area contributed by atoms with Crippen molar-refractivity contribution in [3.05, 3.63) is 41.5 Å². The zero-order valence-corrected chi connectivity index (χ0v) is 25.3. The van der Waals surface area contributed by atoms with Gasteiger partial charge in [0.05, 0.1) is 0 Å². The Labute approximate surface area is 218 Å². The van der Waals surface area contributed by atoms with Crippen LogP contribution < -0.4 is 4.40 Å². The molecule has 0 aliphatic heterocycles. The van der Waals surface area contributed by atoms with E-state index in [9.17, 15) is 39.5 Å². The first-order valence-corrected chi connectivity index (χ1v) is 13.7. The molecule has 3 nitrogen and oxygen atoms in total. The van der Waals surface area contributed by atoms with Crippen LogP contribution in [-0.2, 0) is 26.2 Å². The third-order valence-corrected chi connectivity index (χ3v) is 10.2. The maximum absolute atomic E-state index is 12.6. The van der Waals surface area contributed by atoms with Crippen LogP contribution in [0.5, 0.6) is 0 Å².